The number of aryl methyl sites for hydroxylation is 2. The van der Waals surface area contributed by atoms with E-state index in [1.165, 1.54) is 0 Å². The van der Waals surface area contributed by atoms with Crippen LogP contribution in [0, 0.1) is 19.8 Å². The SMILES string of the molecule is Cc1ccc(N2C[C@H](C(=O)NCc3ccc(CN4CCCC4=O)cc3)CC2=O)c(C)c1. The summed E-state index contributed by atoms with van der Waals surface area (Å²) in [6.45, 7) is 6.33. The van der Waals surface area contributed by atoms with Crippen molar-refractivity contribution in [2.24, 2.45) is 5.92 Å². The Morgan fingerprint density at radius 3 is 2.45 bits per heavy atom. The Balaban J connectivity index is 1.30. The number of hydrogen-bond acceptors (Lipinski definition) is 3. The van der Waals surface area contributed by atoms with Gasteiger partial charge in [-0.1, -0.05) is 42.0 Å². The van der Waals surface area contributed by atoms with Crippen molar-refractivity contribution in [3.8, 4) is 0 Å². The molecule has 31 heavy (non-hydrogen) atoms. The summed E-state index contributed by atoms with van der Waals surface area (Å²) in [5.74, 6) is -0.216. The molecule has 2 heterocycles. The predicted octanol–water partition coefficient (Wildman–Crippen LogP) is 3.10. The lowest BCUT2D eigenvalue weighted by atomic mass is 10.1. The average molecular weight is 420 g/mol. The molecule has 0 unspecified atom stereocenters. The van der Waals surface area contributed by atoms with E-state index in [2.05, 4.69) is 11.4 Å². The van der Waals surface area contributed by atoms with E-state index in [9.17, 15) is 14.4 Å². The molecule has 2 aromatic carbocycles. The van der Waals surface area contributed by atoms with E-state index in [0.29, 0.717) is 26.1 Å². The summed E-state index contributed by atoms with van der Waals surface area (Å²) in [6, 6.07) is 14.0. The number of nitrogens with zero attached hydrogens (tertiary/aromatic N) is 2. The Labute approximate surface area is 183 Å². The van der Waals surface area contributed by atoms with Crippen LogP contribution in [0.4, 0.5) is 5.69 Å². The molecule has 6 nitrogen and oxygen atoms in total. The number of anilines is 1. The molecule has 6 heteroatoms. The highest BCUT2D eigenvalue weighted by Crippen LogP contribution is 2.28. The number of rotatable bonds is 6. The fourth-order valence-corrected chi connectivity index (χ4v) is 4.41. The smallest absolute Gasteiger partial charge is 0.227 e. The minimum absolute atomic E-state index is 0.00656. The van der Waals surface area contributed by atoms with Crippen molar-refractivity contribution in [1.29, 1.82) is 0 Å². The second kappa shape index (κ2) is 8.92. The number of benzene rings is 2. The van der Waals surface area contributed by atoms with E-state index in [1.54, 1.807) is 4.90 Å². The van der Waals surface area contributed by atoms with Gasteiger partial charge in [-0.25, -0.2) is 0 Å². The van der Waals surface area contributed by atoms with Crippen LogP contribution in [-0.4, -0.2) is 35.7 Å². The second-order valence-corrected chi connectivity index (χ2v) is 8.65. The lowest BCUT2D eigenvalue weighted by Crippen LogP contribution is -2.32. The molecule has 2 aliphatic heterocycles. The molecule has 162 valence electrons. The monoisotopic (exact) mass is 419 g/mol. The van der Waals surface area contributed by atoms with E-state index in [-0.39, 0.29) is 30.1 Å². The first kappa shape index (κ1) is 21.1. The van der Waals surface area contributed by atoms with Crippen LogP contribution < -0.4 is 10.2 Å². The lowest BCUT2D eigenvalue weighted by molar-refractivity contribution is -0.128. The summed E-state index contributed by atoms with van der Waals surface area (Å²) in [6.07, 6.45) is 1.82. The van der Waals surface area contributed by atoms with Gasteiger partial charge >= 0.3 is 0 Å². The fourth-order valence-electron chi connectivity index (χ4n) is 4.41. The maximum atomic E-state index is 12.7. The molecule has 4 rings (SSSR count). The number of nitrogens with one attached hydrogen (secondary N) is 1. The third-order valence-electron chi connectivity index (χ3n) is 6.17. The lowest BCUT2D eigenvalue weighted by Gasteiger charge is -2.19. The number of carbonyl (C=O) groups is 3. The molecule has 2 fully saturated rings. The summed E-state index contributed by atoms with van der Waals surface area (Å²) in [7, 11) is 0. The Morgan fingerprint density at radius 2 is 1.77 bits per heavy atom. The molecule has 1 N–H and O–H groups in total. The van der Waals surface area contributed by atoms with Crippen LogP contribution in [0.25, 0.3) is 0 Å². The van der Waals surface area contributed by atoms with E-state index < -0.39 is 0 Å². The van der Waals surface area contributed by atoms with E-state index in [1.807, 2.05) is 55.1 Å². The van der Waals surface area contributed by atoms with Crippen molar-refractivity contribution in [2.45, 2.75) is 46.2 Å². The van der Waals surface area contributed by atoms with Gasteiger partial charge in [0.1, 0.15) is 0 Å². The summed E-state index contributed by atoms with van der Waals surface area (Å²) < 4.78 is 0. The van der Waals surface area contributed by atoms with Gasteiger partial charge in [-0.3, -0.25) is 14.4 Å². The van der Waals surface area contributed by atoms with E-state index in [4.69, 9.17) is 0 Å². The summed E-state index contributed by atoms with van der Waals surface area (Å²) in [5.41, 5.74) is 5.18. The molecular formula is C25H29N3O3. The number of amides is 3. The first-order chi connectivity index (χ1) is 14.9. The van der Waals surface area contributed by atoms with Crippen molar-refractivity contribution in [3.05, 3.63) is 64.7 Å². The van der Waals surface area contributed by atoms with Gasteiger partial charge < -0.3 is 15.1 Å². The maximum absolute atomic E-state index is 12.7. The van der Waals surface area contributed by atoms with Gasteiger partial charge in [0, 0.05) is 44.7 Å². The van der Waals surface area contributed by atoms with Gasteiger partial charge in [0.2, 0.25) is 17.7 Å². The van der Waals surface area contributed by atoms with Crippen LogP contribution in [0.15, 0.2) is 42.5 Å². The van der Waals surface area contributed by atoms with Gasteiger partial charge in [-0.15, -0.1) is 0 Å². The Hall–Kier alpha value is -3.15. The van der Waals surface area contributed by atoms with Crippen LogP contribution in [0.5, 0.6) is 0 Å². The van der Waals surface area contributed by atoms with Crippen LogP contribution in [0.3, 0.4) is 0 Å². The zero-order valence-electron chi connectivity index (χ0n) is 18.2. The van der Waals surface area contributed by atoms with Gasteiger partial charge in [-0.05, 0) is 43.0 Å². The molecule has 3 amide bonds. The molecule has 0 bridgehead atoms. The molecule has 1 atom stereocenters. The normalized spacial score (nSPS) is 18.7. The molecule has 0 radical (unpaired) electrons. The van der Waals surface area contributed by atoms with Crippen molar-refractivity contribution >= 4 is 23.4 Å². The summed E-state index contributed by atoms with van der Waals surface area (Å²) in [5, 5.41) is 2.97. The first-order valence-corrected chi connectivity index (χ1v) is 10.9. The Kier molecular flexibility index (Phi) is 6.07. The minimum Gasteiger partial charge on any atom is -0.352 e. The molecule has 0 saturated carbocycles. The van der Waals surface area contributed by atoms with Crippen LogP contribution in [0.1, 0.15) is 41.5 Å². The van der Waals surface area contributed by atoms with Crippen molar-refractivity contribution in [3.63, 3.8) is 0 Å². The third kappa shape index (κ3) is 4.79. The van der Waals surface area contributed by atoms with Gasteiger partial charge in [-0.2, -0.15) is 0 Å². The third-order valence-corrected chi connectivity index (χ3v) is 6.17. The second-order valence-electron chi connectivity index (χ2n) is 8.65. The number of likely N-dealkylation sites (tertiary alicyclic amines) is 1. The Bertz CT molecular complexity index is 1000. The standard InChI is InChI=1S/C25H29N3O3/c1-17-5-10-22(18(2)12-17)28-16-21(13-24(28)30)25(31)26-14-19-6-8-20(9-7-19)15-27-11-3-4-23(27)29/h5-10,12,21H,3-4,11,13-16H2,1-2H3,(H,26,31)/t21-/m1/s1. The zero-order valence-corrected chi connectivity index (χ0v) is 18.2. The van der Waals surface area contributed by atoms with Gasteiger partial charge in [0.25, 0.3) is 0 Å². The summed E-state index contributed by atoms with van der Waals surface area (Å²) >= 11 is 0. The Morgan fingerprint density at radius 1 is 1.03 bits per heavy atom. The van der Waals surface area contributed by atoms with Crippen LogP contribution in [0.2, 0.25) is 0 Å². The number of hydrogen-bond donors (Lipinski definition) is 1. The van der Waals surface area contributed by atoms with Gasteiger partial charge in [0.15, 0.2) is 0 Å². The highest BCUT2D eigenvalue weighted by molar-refractivity contribution is 6.00. The number of carbonyl (C=O) groups excluding carboxylic acids is 3. The molecule has 2 saturated heterocycles. The molecular weight excluding hydrogens is 390 g/mol. The van der Waals surface area contributed by atoms with Gasteiger partial charge in [0.05, 0.1) is 5.92 Å². The van der Waals surface area contributed by atoms with Crippen molar-refractivity contribution in [1.82, 2.24) is 10.2 Å². The van der Waals surface area contributed by atoms with Crippen molar-refractivity contribution in [2.75, 3.05) is 18.0 Å². The quantitative estimate of drug-likeness (QED) is 0.782. The van der Waals surface area contributed by atoms with E-state index in [0.717, 1.165) is 40.9 Å². The van der Waals surface area contributed by atoms with Crippen LogP contribution >= 0.6 is 0 Å². The predicted molar refractivity (Wildman–Crippen MR) is 119 cm³/mol. The van der Waals surface area contributed by atoms with Crippen LogP contribution in [-0.2, 0) is 27.5 Å². The topological polar surface area (TPSA) is 69.7 Å². The highest BCUT2D eigenvalue weighted by Gasteiger charge is 2.35. The molecule has 2 aromatic rings. The van der Waals surface area contributed by atoms with Crippen molar-refractivity contribution < 1.29 is 14.4 Å². The minimum atomic E-state index is -0.339. The largest absolute Gasteiger partial charge is 0.352 e. The fraction of sp³-hybridized carbons (Fsp3) is 0.400. The average Bonchev–Trinajstić information content (AvgIpc) is 3.33. The molecule has 0 spiro atoms. The highest BCUT2D eigenvalue weighted by atomic mass is 16.2. The molecule has 2 aliphatic rings. The molecule has 0 aliphatic carbocycles. The zero-order chi connectivity index (χ0) is 22.0. The summed E-state index contributed by atoms with van der Waals surface area (Å²) in [4.78, 5) is 40.6. The maximum Gasteiger partial charge on any atom is 0.227 e. The molecule has 0 aromatic heterocycles. The first-order valence-electron chi connectivity index (χ1n) is 10.9. The van der Waals surface area contributed by atoms with E-state index >= 15 is 0 Å².